The minimum absolute atomic E-state index is 0.0646. The number of carbonyl (C=O) groups excluding carboxylic acids is 1. The predicted octanol–water partition coefficient (Wildman–Crippen LogP) is 3.21. The summed E-state index contributed by atoms with van der Waals surface area (Å²) in [5, 5.41) is 7.26. The van der Waals surface area contributed by atoms with Gasteiger partial charge in [-0.1, -0.05) is 12.1 Å². The maximum atomic E-state index is 12.3. The second-order valence-corrected chi connectivity index (χ2v) is 5.89. The number of nitrogens with zero attached hydrogens (tertiary/aromatic N) is 3. The SMILES string of the molecule is Cc1ccc(C)c(OCC(=O)Nc2cc(C)nn2-c2ccncc2)c1. The molecule has 0 spiro atoms. The molecule has 1 aromatic carbocycles. The fourth-order valence-corrected chi connectivity index (χ4v) is 2.46. The standard InChI is InChI=1S/C19H20N4O2/c1-13-4-5-14(2)17(10-13)25-12-19(24)21-18-11-15(3)22-23(18)16-6-8-20-9-7-16/h4-11H,12H2,1-3H3,(H,21,24). The predicted molar refractivity (Wildman–Crippen MR) is 96.1 cm³/mol. The van der Waals surface area contributed by atoms with Crippen LogP contribution in [0.5, 0.6) is 5.75 Å². The van der Waals surface area contributed by atoms with Gasteiger partial charge in [0, 0.05) is 18.5 Å². The van der Waals surface area contributed by atoms with Crippen LogP contribution < -0.4 is 10.1 Å². The molecule has 25 heavy (non-hydrogen) atoms. The Balaban J connectivity index is 1.70. The molecule has 0 saturated carbocycles. The van der Waals surface area contributed by atoms with Crippen molar-refractivity contribution in [2.75, 3.05) is 11.9 Å². The third kappa shape index (κ3) is 4.03. The second kappa shape index (κ2) is 7.17. The van der Waals surface area contributed by atoms with E-state index in [2.05, 4.69) is 15.4 Å². The van der Waals surface area contributed by atoms with Gasteiger partial charge >= 0.3 is 0 Å². The van der Waals surface area contributed by atoms with E-state index >= 15 is 0 Å². The minimum Gasteiger partial charge on any atom is -0.483 e. The van der Waals surface area contributed by atoms with Gasteiger partial charge in [-0.25, -0.2) is 4.68 Å². The van der Waals surface area contributed by atoms with Crippen LogP contribution in [0, 0.1) is 20.8 Å². The summed E-state index contributed by atoms with van der Waals surface area (Å²) in [5.74, 6) is 1.07. The molecule has 6 nitrogen and oxygen atoms in total. The Morgan fingerprint density at radius 3 is 2.64 bits per heavy atom. The second-order valence-electron chi connectivity index (χ2n) is 5.89. The van der Waals surface area contributed by atoms with Crippen molar-refractivity contribution in [2.45, 2.75) is 20.8 Å². The maximum absolute atomic E-state index is 12.3. The molecule has 2 aromatic heterocycles. The highest BCUT2D eigenvalue weighted by Gasteiger charge is 2.12. The Morgan fingerprint density at radius 1 is 1.12 bits per heavy atom. The topological polar surface area (TPSA) is 69.0 Å². The summed E-state index contributed by atoms with van der Waals surface area (Å²) in [6, 6.07) is 11.4. The first-order valence-electron chi connectivity index (χ1n) is 8.00. The highest BCUT2D eigenvalue weighted by atomic mass is 16.5. The molecule has 0 aliphatic heterocycles. The molecule has 0 unspecified atom stereocenters. The van der Waals surface area contributed by atoms with Gasteiger partial charge in [-0.2, -0.15) is 5.10 Å². The van der Waals surface area contributed by atoms with Crippen LogP contribution in [0.25, 0.3) is 5.69 Å². The van der Waals surface area contributed by atoms with E-state index in [4.69, 9.17) is 4.74 Å². The molecule has 3 aromatic rings. The van der Waals surface area contributed by atoms with Crippen molar-refractivity contribution < 1.29 is 9.53 Å². The number of rotatable bonds is 5. The van der Waals surface area contributed by atoms with Crippen molar-refractivity contribution in [3.63, 3.8) is 0 Å². The van der Waals surface area contributed by atoms with E-state index in [1.165, 1.54) is 0 Å². The quantitative estimate of drug-likeness (QED) is 0.777. The fourth-order valence-electron chi connectivity index (χ4n) is 2.46. The molecule has 1 amide bonds. The molecule has 0 fully saturated rings. The van der Waals surface area contributed by atoms with E-state index in [-0.39, 0.29) is 12.5 Å². The van der Waals surface area contributed by atoms with Gasteiger partial charge < -0.3 is 10.1 Å². The van der Waals surface area contributed by atoms with Crippen molar-refractivity contribution in [3.05, 3.63) is 65.6 Å². The van der Waals surface area contributed by atoms with Crippen LogP contribution in [0.2, 0.25) is 0 Å². The van der Waals surface area contributed by atoms with Crippen molar-refractivity contribution in [2.24, 2.45) is 0 Å². The van der Waals surface area contributed by atoms with Gasteiger partial charge in [0.05, 0.1) is 11.4 Å². The normalized spacial score (nSPS) is 10.5. The Labute approximate surface area is 146 Å². The lowest BCUT2D eigenvalue weighted by atomic mass is 10.1. The van der Waals surface area contributed by atoms with Crippen molar-refractivity contribution in [3.8, 4) is 11.4 Å². The molecular formula is C19H20N4O2. The van der Waals surface area contributed by atoms with Crippen LogP contribution in [0.4, 0.5) is 5.82 Å². The van der Waals surface area contributed by atoms with Gasteiger partial charge in [0.15, 0.2) is 6.61 Å². The molecular weight excluding hydrogens is 316 g/mol. The number of nitrogens with one attached hydrogen (secondary N) is 1. The molecule has 1 N–H and O–H groups in total. The highest BCUT2D eigenvalue weighted by Crippen LogP contribution is 2.20. The number of pyridine rings is 1. The van der Waals surface area contributed by atoms with Gasteiger partial charge in [-0.3, -0.25) is 9.78 Å². The third-order valence-electron chi connectivity index (χ3n) is 3.71. The van der Waals surface area contributed by atoms with Crippen LogP contribution in [0.1, 0.15) is 16.8 Å². The Kier molecular flexibility index (Phi) is 4.79. The fraction of sp³-hybridized carbons (Fsp3) is 0.211. The third-order valence-corrected chi connectivity index (χ3v) is 3.71. The van der Waals surface area contributed by atoms with Crippen molar-refractivity contribution in [1.29, 1.82) is 0 Å². The summed E-state index contributed by atoms with van der Waals surface area (Å²) >= 11 is 0. The monoisotopic (exact) mass is 336 g/mol. The summed E-state index contributed by atoms with van der Waals surface area (Å²) in [5.41, 5.74) is 3.72. The number of aromatic nitrogens is 3. The molecule has 3 rings (SSSR count). The van der Waals surface area contributed by atoms with Crippen LogP contribution >= 0.6 is 0 Å². The number of hydrogen-bond acceptors (Lipinski definition) is 4. The van der Waals surface area contributed by atoms with Crippen LogP contribution in [0.15, 0.2) is 48.8 Å². The van der Waals surface area contributed by atoms with Gasteiger partial charge in [-0.15, -0.1) is 0 Å². The molecule has 0 aliphatic carbocycles. The van der Waals surface area contributed by atoms with E-state index in [1.807, 2.05) is 57.2 Å². The molecule has 2 heterocycles. The summed E-state index contributed by atoms with van der Waals surface area (Å²) in [6.45, 7) is 5.75. The van der Waals surface area contributed by atoms with E-state index in [0.717, 1.165) is 22.5 Å². The zero-order valence-electron chi connectivity index (χ0n) is 14.5. The van der Waals surface area contributed by atoms with Crippen LogP contribution in [0.3, 0.4) is 0 Å². The summed E-state index contributed by atoms with van der Waals surface area (Å²) in [7, 11) is 0. The van der Waals surface area contributed by atoms with Crippen LogP contribution in [-0.4, -0.2) is 27.3 Å². The maximum Gasteiger partial charge on any atom is 0.263 e. The number of hydrogen-bond donors (Lipinski definition) is 1. The molecule has 0 saturated heterocycles. The van der Waals surface area contributed by atoms with Gasteiger partial charge in [0.1, 0.15) is 11.6 Å². The lowest BCUT2D eigenvalue weighted by Crippen LogP contribution is -2.22. The Hall–Kier alpha value is -3.15. The van der Waals surface area contributed by atoms with E-state index in [1.54, 1.807) is 17.1 Å². The number of amides is 1. The minimum atomic E-state index is -0.240. The largest absolute Gasteiger partial charge is 0.483 e. The number of aryl methyl sites for hydroxylation is 3. The van der Waals surface area contributed by atoms with Gasteiger partial charge in [0.2, 0.25) is 0 Å². The van der Waals surface area contributed by atoms with Gasteiger partial charge in [-0.05, 0) is 50.1 Å². The lowest BCUT2D eigenvalue weighted by molar-refractivity contribution is -0.118. The average Bonchev–Trinajstić information content (AvgIpc) is 2.96. The molecule has 0 aliphatic rings. The van der Waals surface area contributed by atoms with Crippen molar-refractivity contribution in [1.82, 2.24) is 14.8 Å². The zero-order chi connectivity index (χ0) is 17.8. The Bertz CT molecular complexity index is 888. The zero-order valence-corrected chi connectivity index (χ0v) is 14.5. The number of ether oxygens (including phenoxy) is 1. The first-order chi connectivity index (χ1) is 12.0. The first-order valence-corrected chi connectivity index (χ1v) is 8.00. The lowest BCUT2D eigenvalue weighted by Gasteiger charge is -2.11. The first kappa shape index (κ1) is 16.7. The van der Waals surface area contributed by atoms with Crippen LogP contribution in [-0.2, 0) is 4.79 Å². The number of benzene rings is 1. The summed E-state index contributed by atoms with van der Waals surface area (Å²) < 4.78 is 7.33. The average molecular weight is 336 g/mol. The Morgan fingerprint density at radius 2 is 1.88 bits per heavy atom. The number of carbonyl (C=O) groups is 1. The van der Waals surface area contributed by atoms with Gasteiger partial charge in [0.25, 0.3) is 5.91 Å². The number of anilines is 1. The molecule has 0 atom stereocenters. The summed E-state index contributed by atoms with van der Waals surface area (Å²) in [4.78, 5) is 16.3. The molecule has 128 valence electrons. The van der Waals surface area contributed by atoms with E-state index < -0.39 is 0 Å². The van der Waals surface area contributed by atoms with E-state index in [0.29, 0.717) is 11.6 Å². The van der Waals surface area contributed by atoms with Crippen molar-refractivity contribution >= 4 is 11.7 Å². The highest BCUT2D eigenvalue weighted by molar-refractivity contribution is 5.91. The molecule has 0 radical (unpaired) electrons. The molecule has 0 bridgehead atoms. The molecule has 6 heteroatoms. The van der Waals surface area contributed by atoms with E-state index in [9.17, 15) is 4.79 Å². The summed E-state index contributed by atoms with van der Waals surface area (Å²) in [6.07, 6.45) is 3.36. The smallest absolute Gasteiger partial charge is 0.263 e.